The maximum atomic E-state index is 13.0. The Kier molecular flexibility index (Phi) is 3.33. The molecule has 0 atom stereocenters. The molecule has 0 N–H and O–H groups in total. The summed E-state index contributed by atoms with van der Waals surface area (Å²) in [5.41, 5.74) is 0. The summed E-state index contributed by atoms with van der Waals surface area (Å²) in [4.78, 5) is 11.9. The van der Waals surface area contributed by atoms with Crippen molar-refractivity contribution in [2.24, 2.45) is 0 Å². The molecule has 0 bridgehead atoms. The van der Waals surface area contributed by atoms with Gasteiger partial charge in [0.2, 0.25) is 5.95 Å². The van der Waals surface area contributed by atoms with Crippen LogP contribution in [0.15, 0.2) is 12.4 Å². The van der Waals surface area contributed by atoms with Crippen molar-refractivity contribution in [3.8, 4) is 0 Å². The van der Waals surface area contributed by atoms with Crippen molar-refractivity contribution in [1.82, 2.24) is 14.9 Å². The number of hydrogen-bond acceptors (Lipinski definition) is 4. The third-order valence-corrected chi connectivity index (χ3v) is 3.22. The van der Waals surface area contributed by atoms with Crippen LogP contribution in [0.5, 0.6) is 0 Å². The molecular formula is C11H17FN4. The third kappa shape index (κ3) is 2.47. The van der Waals surface area contributed by atoms with E-state index in [0.29, 0.717) is 11.9 Å². The largest absolute Gasteiger partial charge is 0.356 e. The van der Waals surface area contributed by atoms with Crippen LogP contribution in [0.3, 0.4) is 0 Å². The number of piperidine rings is 1. The van der Waals surface area contributed by atoms with Gasteiger partial charge >= 0.3 is 0 Å². The van der Waals surface area contributed by atoms with Crippen LogP contribution in [0.25, 0.3) is 0 Å². The number of nitrogens with zero attached hydrogens (tertiary/aromatic N) is 4. The highest BCUT2D eigenvalue weighted by molar-refractivity contribution is 5.37. The Hall–Kier alpha value is -1.23. The van der Waals surface area contributed by atoms with Gasteiger partial charge in [0.15, 0.2) is 0 Å². The van der Waals surface area contributed by atoms with E-state index in [9.17, 15) is 4.39 Å². The van der Waals surface area contributed by atoms with E-state index in [4.69, 9.17) is 0 Å². The molecule has 0 unspecified atom stereocenters. The van der Waals surface area contributed by atoms with E-state index in [1.54, 1.807) is 0 Å². The molecule has 2 rings (SSSR count). The molecule has 1 fully saturated rings. The number of aromatic nitrogens is 2. The van der Waals surface area contributed by atoms with Gasteiger partial charge < -0.3 is 9.80 Å². The topological polar surface area (TPSA) is 32.3 Å². The monoisotopic (exact) mass is 224 g/mol. The van der Waals surface area contributed by atoms with Crippen LogP contribution in [0.1, 0.15) is 12.8 Å². The molecule has 1 aromatic heterocycles. The molecule has 4 nitrogen and oxygen atoms in total. The van der Waals surface area contributed by atoms with Crippen molar-refractivity contribution in [2.45, 2.75) is 18.9 Å². The normalized spacial score (nSPS) is 18.7. The van der Waals surface area contributed by atoms with Crippen LogP contribution in [-0.4, -0.2) is 48.1 Å². The summed E-state index contributed by atoms with van der Waals surface area (Å²) in [5, 5.41) is 0. The molecule has 1 aliphatic heterocycles. The molecule has 0 aromatic carbocycles. The minimum absolute atomic E-state index is 0.450. The molecule has 0 amide bonds. The summed E-state index contributed by atoms with van der Waals surface area (Å²) in [6.07, 6.45) is 3.47. The second-order valence-electron chi connectivity index (χ2n) is 4.34. The number of hydrogen-bond donors (Lipinski definition) is 0. The lowest BCUT2D eigenvalue weighted by Gasteiger charge is -2.35. The second kappa shape index (κ2) is 4.74. The molecule has 1 saturated heterocycles. The first-order valence-corrected chi connectivity index (χ1v) is 5.56. The fraction of sp³-hybridized carbons (Fsp3) is 0.636. The van der Waals surface area contributed by atoms with Gasteiger partial charge in [-0.1, -0.05) is 0 Å². The molecule has 88 valence electrons. The summed E-state index contributed by atoms with van der Waals surface area (Å²) >= 11 is 0. The quantitative estimate of drug-likeness (QED) is 0.705. The van der Waals surface area contributed by atoms with E-state index >= 15 is 0 Å². The lowest BCUT2D eigenvalue weighted by molar-refractivity contribution is 0.252. The van der Waals surface area contributed by atoms with Crippen molar-refractivity contribution in [2.75, 3.05) is 32.1 Å². The van der Waals surface area contributed by atoms with Gasteiger partial charge in [0, 0.05) is 19.2 Å². The standard InChI is InChI=1S/C11H17FN4/c1-15-5-3-9(4-6-15)16(2)11-7-10(12)13-8-14-11/h7-9H,3-6H2,1-2H3. The SMILES string of the molecule is CN1CCC(N(C)c2cc(F)ncn2)CC1. The predicted octanol–water partition coefficient (Wildman–Crippen LogP) is 1.15. The van der Waals surface area contributed by atoms with Gasteiger partial charge in [-0.05, 0) is 33.0 Å². The molecule has 0 saturated carbocycles. The van der Waals surface area contributed by atoms with Gasteiger partial charge in [0.25, 0.3) is 0 Å². The van der Waals surface area contributed by atoms with Gasteiger partial charge in [-0.25, -0.2) is 9.97 Å². The van der Waals surface area contributed by atoms with Crippen molar-refractivity contribution < 1.29 is 4.39 Å². The summed E-state index contributed by atoms with van der Waals surface area (Å²) < 4.78 is 13.0. The molecule has 0 spiro atoms. The smallest absolute Gasteiger partial charge is 0.218 e. The average molecular weight is 224 g/mol. The van der Waals surface area contributed by atoms with Gasteiger partial charge in [0.1, 0.15) is 12.1 Å². The minimum atomic E-state index is -0.468. The van der Waals surface area contributed by atoms with Gasteiger partial charge in [-0.15, -0.1) is 0 Å². The van der Waals surface area contributed by atoms with Crippen LogP contribution in [0.4, 0.5) is 10.2 Å². The van der Waals surface area contributed by atoms with Crippen molar-refractivity contribution >= 4 is 5.82 Å². The fourth-order valence-corrected chi connectivity index (χ4v) is 2.09. The number of likely N-dealkylation sites (tertiary alicyclic amines) is 1. The summed E-state index contributed by atoms with van der Waals surface area (Å²) in [6.45, 7) is 2.17. The highest BCUT2D eigenvalue weighted by Gasteiger charge is 2.21. The van der Waals surface area contributed by atoms with E-state index in [2.05, 4.69) is 26.8 Å². The molecule has 0 radical (unpaired) electrons. The highest BCUT2D eigenvalue weighted by Crippen LogP contribution is 2.19. The van der Waals surface area contributed by atoms with Crippen LogP contribution < -0.4 is 4.90 Å². The molecular weight excluding hydrogens is 207 g/mol. The van der Waals surface area contributed by atoms with Crippen LogP contribution in [0.2, 0.25) is 0 Å². The number of anilines is 1. The Balaban J connectivity index is 2.04. The van der Waals surface area contributed by atoms with E-state index in [0.717, 1.165) is 25.9 Å². The minimum Gasteiger partial charge on any atom is -0.356 e. The molecule has 16 heavy (non-hydrogen) atoms. The number of rotatable bonds is 2. The van der Waals surface area contributed by atoms with Crippen LogP contribution >= 0.6 is 0 Å². The fourth-order valence-electron chi connectivity index (χ4n) is 2.09. The van der Waals surface area contributed by atoms with E-state index in [-0.39, 0.29) is 0 Å². The Labute approximate surface area is 95.1 Å². The first-order chi connectivity index (χ1) is 7.66. The lowest BCUT2D eigenvalue weighted by Crippen LogP contribution is -2.42. The Morgan fingerprint density at radius 3 is 2.69 bits per heavy atom. The van der Waals surface area contributed by atoms with Gasteiger partial charge in [0.05, 0.1) is 0 Å². The first-order valence-electron chi connectivity index (χ1n) is 5.56. The van der Waals surface area contributed by atoms with E-state index in [1.807, 2.05) is 7.05 Å². The molecule has 1 aromatic rings. The van der Waals surface area contributed by atoms with Crippen molar-refractivity contribution in [3.05, 3.63) is 18.3 Å². The lowest BCUT2D eigenvalue weighted by atomic mass is 10.0. The predicted molar refractivity (Wildman–Crippen MR) is 60.9 cm³/mol. The molecule has 1 aliphatic rings. The summed E-state index contributed by atoms with van der Waals surface area (Å²) in [7, 11) is 4.10. The molecule has 2 heterocycles. The maximum absolute atomic E-state index is 13.0. The average Bonchev–Trinajstić information content (AvgIpc) is 2.29. The zero-order chi connectivity index (χ0) is 11.5. The Morgan fingerprint density at radius 1 is 1.38 bits per heavy atom. The Bertz CT molecular complexity index is 350. The molecule has 0 aliphatic carbocycles. The zero-order valence-corrected chi connectivity index (χ0v) is 9.73. The summed E-state index contributed by atoms with van der Waals surface area (Å²) in [5.74, 6) is 0.201. The number of halogens is 1. The first kappa shape index (κ1) is 11.3. The maximum Gasteiger partial charge on any atom is 0.218 e. The van der Waals surface area contributed by atoms with Gasteiger partial charge in [-0.2, -0.15) is 4.39 Å². The van der Waals surface area contributed by atoms with E-state index in [1.165, 1.54) is 12.4 Å². The van der Waals surface area contributed by atoms with Crippen LogP contribution in [0, 0.1) is 5.95 Å². The van der Waals surface area contributed by atoms with Gasteiger partial charge in [-0.3, -0.25) is 0 Å². The second-order valence-corrected chi connectivity index (χ2v) is 4.34. The third-order valence-electron chi connectivity index (χ3n) is 3.22. The summed E-state index contributed by atoms with van der Waals surface area (Å²) in [6, 6.07) is 1.84. The van der Waals surface area contributed by atoms with Crippen molar-refractivity contribution in [1.29, 1.82) is 0 Å². The highest BCUT2D eigenvalue weighted by atomic mass is 19.1. The van der Waals surface area contributed by atoms with Crippen LogP contribution in [-0.2, 0) is 0 Å². The zero-order valence-electron chi connectivity index (χ0n) is 9.73. The Morgan fingerprint density at radius 2 is 2.06 bits per heavy atom. The molecule has 5 heteroatoms. The van der Waals surface area contributed by atoms with Crippen molar-refractivity contribution in [3.63, 3.8) is 0 Å². The van der Waals surface area contributed by atoms with E-state index < -0.39 is 5.95 Å².